The number of hydrogen-bond donors (Lipinski definition) is 1. The van der Waals surface area contributed by atoms with Crippen LogP contribution in [-0.2, 0) is 6.42 Å². The van der Waals surface area contributed by atoms with Crippen molar-refractivity contribution >= 4 is 15.9 Å². The van der Waals surface area contributed by atoms with Gasteiger partial charge in [0.1, 0.15) is 5.82 Å². The predicted octanol–water partition coefficient (Wildman–Crippen LogP) is 3.63. The van der Waals surface area contributed by atoms with Gasteiger partial charge in [0.2, 0.25) is 0 Å². The van der Waals surface area contributed by atoms with Gasteiger partial charge in [0.25, 0.3) is 0 Å². The van der Waals surface area contributed by atoms with Crippen molar-refractivity contribution in [1.82, 2.24) is 9.97 Å². The molecule has 20 heavy (non-hydrogen) atoms. The molecule has 1 atom stereocenters. The van der Waals surface area contributed by atoms with Crippen LogP contribution in [0.4, 0.5) is 4.39 Å². The molecule has 0 amide bonds. The molecule has 0 bridgehead atoms. The van der Waals surface area contributed by atoms with Crippen LogP contribution in [0.1, 0.15) is 24.7 Å². The number of nitrogens with zero attached hydrogens (tertiary/aromatic N) is 2. The van der Waals surface area contributed by atoms with E-state index in [4.69, 9.17) is 5.73 Å². The van der Waals surface area contributed by atoms with E-state index in [0.29, 0.717) is 17.8 Å². The van der Waals surface area contributed by atoms with Crippen molar-refractivity contribution in [3.8, 4) is 11.4 Å². The first-order valence-corrected chi connectivity index (χ1v) is 7.34. The Hall–Kier alpha value is -1.33. The third-order valence-electron chi connectivity index (χ3n) is 3.07. The first kappa shape index (κ1) is 15.1. The summed E-state index contributed by atoms with van der Waals surface area (Å²) in [5, 5.41) is 0. The average Bonchev–Trinajstić information content (AvgIpc) is 2.40. The van der Waals surface area contributed by atoms with E-state index in [9.17, 15) is 4.39 Å². The van der Waals surface area contributed by atoms with E-state index >= 15 is 0 Å². The molecule has 0 spiro atoms. The second-order valence-electron chi connectivity index (χ2n) is 4.82. The lowest BCUT2D eigenvalue weighted by Gasteiger charge is -2.11. The fourth-order valence-corrected chi connectivity index (χ4v) is 2.36. The maximum atomic E-state index is 13.4. The van der Waals surface area contributed by atoms with Gasteiger partial charge in [0.05, 0.1) is 0 Å². The molecule has 3 nitrogen and oxygen atoms in total. The van der Waals surface area contributed by atoms with E-state index in [0.717, 1.165) is 22.3 Å². The topological polar surface area (TPSA) is 51.8 Å². The molecule has 1 aromatic carbocycles. The minimum atomic E-state index is -0.305. The summed E-state index contributed by atoms with van der Waals surface area (Å²) in [7, 11) is 0. The fraction of sp³-hybridized carbons (Fsp3) is 0.333. The number of nitrogens with two attached hydrogens (primary N) is 1. The van der Waals surface area contributed by atoms with E-state index in [-0.39, 0.29) is 11.9 Å². The Kier molecular flexibility index (Phi) is 4.83. The van der Waals surface area contributed by atoms with Crippen LogP contribution < -0.4 is 5.73 Å². The van der Waals surface area contributed by atoms with Crippen molar-refractivity contribution in [1.29, 1.82) is 0 Å². The molecule has 5 heteroatoms. The first-order valence-electron chi connectivity index (χ1n) is 6.55. The second-order valence-corrected chi connectivity index (χ2v) is 5.68. The molecule has 0 saturated carbocycles. The van der Waals surface area contributed by atoms with E-state index in [1.165, 1.54) is 12.1 Å². The van der Waals surface area contributed by atoms with Gasteiger partial charge in [-0.3, -0.25) is 0 Å². The van der Waals surface area contributed by atoms with Gasteiger partial charge in [-0.05, 0) is 37.6 Å². The van der Waals surface area contributed by atoms with Gasteiger partial charge in [-0.25, -0.2) is 14.4 Å². The summed E-state index contributed by atoms with van der Waals surface area (Å²) in [6, 6.07) is 6.49. The maximum Gasteiger partial charge on any atom is 0.160 e. The molecule has 0 aliphatic carbocycles. The number of aromatic nitrogens is 2. The smallest absolute Gasteiger partial charge is 0.160 e. The third kappa shape index (κ3) is 3.61. The highest BCUT2D eigenvalue weighted by molar-refractivity contribution is 9.10. The summed E-state index contributed by atoms with van der Waals surface area (Å²) in [6.07, 6.45) is 1.59. The zero-order valence-electron chi connectivity index (χ0n) is 11.5. The molecule has 0 saturated heterocycles. The molecule has 0 aliphatic heterocycles. The zero-order chi connectivity index (χ0) is 14.7. The SMILES string of the molecule is CCC(N)Cc1cc(C)nc(-c2cc(F)ccc2Br)n1. The van der Waals surface area contributed by atoms with Gasteiger partial charge in [0.15, 0.2) is 5.82 Å². The van der Waals surface area contributed by atoms with Crippen molar-refractivity contribution in [2.24, 2.45) is 5.73 Å². The van der Waals surface area contributed by atoms with Crippen molar-refractivity contribution in [2.75, 3.05) is 0 Å². The summed E-state index contributed by atoms with van der Waals surface area (Å²) >= 11 is 3.41. The lowest BCUT2D eigenvalue weighted by Crippen LogP contribution is -2.22. The Morgan fingerprint density at radius 2 is 2.05 bits per heavy atom. The summed E-state index contributed by atoms with van der Waals surface area (Å²) in [5.74, 6) is 0.217. The van der Waals surface area contributed by atoms with Gasteiger partial charge in [-0.15, -0.1) is 0 Å². The number of aryl methyl sites for hydroxylation is 1. The van der Waals surface area contributed by atoms with Gasteiger partial charge in [-0.2, -0.15) is 0 Å². The van der Waals surface area contributed by atoms with E-state index < -0.39 is 0 Å². The molecule has 2 aromatic rings. The van der Waals surface area contributed by atoms with Gasteiger partial charge >= 0.3 is 0 Å². The highest BCUT2D eigenvalue weighted by Gasteiger charge is 2.11. The molecular weight excluding hydrogens is 321 g/mol. The number of hydrogen-bond acceptors (Lipinski definition) is 3. The lowest BCUT2D eigenvalue weighted by atomic mass is 10.1. The second kappa shape index (κ2) is 6.41. The minimum Gasteiger partial charge on any atom is -0.327 e. The van der Waals surface area contributed by atoms with Gasteiger partial charge in [0, 0.05) is 33.9 Å². The Morgan fingerprint density at radius 3 is 2.75 bits per heavy atom. The quantitative estimate of drug-likeness (QED) is 0.926. The minimum absolute atomic E-state index is 0.0769. The molecular formula is C15H17BrFN3. The summed E-state index contributed by atoms with van der Waals surface area (Å²) in [4.78, 5) is 8.90. The molecule has 1 heterocycles. The Labute approximate surface area is 126 Å². The van der Waals surface area contributed by atoms with Crippen LogP contribution in [0, 0.1) is 12.7 Å². The normalized spacial score (nSPS) is 12.4. The van der Waals surface area contributed by atoms with Gasteiger partial charge in [-0.1, -0.05) is 22.9 Å². The highest BCUT2D eigenvalue weighted by atomic mass is 79.9. The molecule has 106 valence electrons. The predicted molar refractivity (Wildman–Crippen MR) is 81.8 cm³/mol. The van der Waals surface area contributed by atoms with Crippen LogP contribution in [0.5, 0.6) is 0 Å². The van der Waals surface area contributed by atoms with Crippen LogP contribution in [-0.4, -0.2) is 16.0 Å². The average molecular weight is 338 g/mol. The molecule has 0 radical (unpaired) electrons. The van der Waals surface area contributed by atoms with Gasteiger partial charge < -0.3 is 5.73 Å². The summed E-state index contributed by atoms with van der Waals surface area (Å²) in [5.41, 5.74) is 8.36. The van der Waals surface area contributed by atoms with Crippen molar-refractivity contribution in [3.05, 3.63) is 45.9 Å². The van der Waals surface area contributed by atoms with E-state index in [1.807, 2.05) is 19.9 Å². The van der Waals surface area contributed by atoms with Crippen LogP contribution in [0.15, 0.2) is 28.7 Å². The standard InChI is InChI=1S/C15H17BrFN3/c1-3-11(18)8-12-6-9(2)19-15(20-12)13-7-10(17)4-5-14(13)16/h4-7,11H,3,8,18H2,1-2H3. The van der Waals surface area contributed by atoms with Crippen molar-refractivity contribution in [3.63, 3.8) is 0 Å². The van der Waals surface area contributed by atoms with Crippen LogP contribution in [0.2, 0.25) is 0 Å². The monoisotopic (exact) mass is 337 g/mol. The molecule has 2 N–H and O–H groups in total. The molecule has 1 unspecified atom stereocenters. The highest BCUT2D eigenvalue weighted by Crippen LogP contribution is 2.27. The Morgan fingerprint density at radius 1 is 1.30 bits per heavy atom. The fourth-order valence-electron chi connectivity index (χ4n) is 1.94. The summed E-state index contributed by atoms with van der Waals surface area (Å²) < 4.78 is 14.2. The number of benzene rings is 1. The Bertz CT molecular complexity index is 616. The molecule has 0 aliphatic rings. The molecule has 1 aromatic heterocycles. The van der Waals surface area contributed by atoms with E-state index in [1.54, 1.807) is 6.07 Å². The molecule has 0 fully saturated rings. The van der Waals surface area contributed by atoms with Crippen LogP contribution in [0.25, 0.3) is 11.4 Å². The van der Waals surface area contributed by atoms with Crippen molar-refractivity contribution in [2.45, 2.75) is 32.7 Å². The van der Waals surface area contributed by atoms with Crippen LogP contribution >= 0.6 is 15.9 Å². The Balaban J connectivity index is 2.44. The van der Waals surface area contributed by atoms with E-state index in [2.05, 4.69) is 25.9 Å². The first-order chi connectivity index (χ1) is 9.49. The van der Waals surface area contributed by atoms with Crippen molar-refractivity contribution < 1.29 is 4.39 Å². The lowest BCUT2D eigenvalue weighted by molar-refractivity contribution is 0.627. The summed E-state index contributed by atoms with van der Waals surface area (Å²) in [6.45, 7) is 3.95. The zero-order valence-corrected chi connectivity index (χ0v) is 13.1. The third-order valence-corrected chi connectivity index (χ3v) is 3.76. The largest absolute Gasteiger partial charge is 0.327 e. The maximum absolute atomic E-state index is 13.4. The number of halogens is 2. The number of rotatable bonds is 4. The van der Waals surface area contributed by atoms with Crippen LogP contribution in [0.3, 0.4) is 0 Å². The molecule has 2 rings (SSSR count).